The number of nitrogens with zero attached hydrogens (tertiary/aromatic N) is 3. The van der Waals surface area contributed by atoms with Gasteiger partial charge in [-0.05, 0) is 56.0 Å². The highest BCUT2D eigenvalue weighted by atomic mass is 32.2. The maximum atomic E-state index is 13.4. The van der Waals surface area contributed by atoms with Crippen LogP contribution in [0, 0.1) is 0 Å². The van der Waals surface area contributed by atoms with E-state index in [9.17, 15) is 9.59 Å². The largest absolute Gasteiger partial charge is 0.497 e. The maximum absolute atomic E-state index is 13.4. The molecule has 10 heteroatoms. The Kier molecular flexibility index (Phi) is 8.17. The second kappa shape index (κ2) is 11.5. The topological polar surface area (TPSA) is 102 Å². The standard InChI is InChI=1S/C27H30N4O5S/c1-16(2)36-26(33)24-17(3)30-27-31(25(24)21-12-20(34-4)8-9-22(21)35-5)19(15-37-27)11-23(32)29-14-18-7-6-10-28-13-18/h6-10,12-13,15-16,25H,11,14H2,1-5H3,(H,29,32)/t25-/m0/s1. The first-order valence-corrected chi connectivity index (χ1v) is 12.7. The second-order valence-electron chi connectivity index (χ2n) is 8.77. The molecule has 2 aliphatic rings. The number of benzene rings is 1. The number of allylic oxidation sites excluding steroid dienone is 1. The number of aromatic nitrogens is 1. The molecule has 0 radical (unpaired) electrons. The van der Waals surface area contributed by atoms with Gasteiger partial charge in [-0.25, -0.2) is 9.79 Å². The Labute approximate surface area is 220 Å². The van der Waals surface area contributed by atoms with Crippen LogP contribution in [-0.4, -0.2) is 47.3 Å². The summed E-state index contributed by atoms with van der Waals surface area (Å²) in [6.45, 7) is 5.76. The van der Waals surface area contributed by atoms with Crippen molar-refractivity contribution in [3.63, 3.8) is 0 Å². The van der Waals surface area contributed by atoms with Crippen molar-refractivity contribution in [3.05, 3.63) is 76.2 Å². The van der Waals surface area contributed by atoms with Gasteiger partial charge in [0.05, 0.1) is 44.1 Å². The fourth-order valence-corrected chi connectivity index (χ4v) is 5.15. The Hall–Kier alpha value is -3.79. The van der Waals surface area contributed by atoms with Crippen molar-refractivity contribution in [2.24, 2.45) is 4.99 Å². The number of amidine groups is 1. The lowest BCUT2D eigenvalue weighted by Gasteiger charge is -2.37. The minimum absolute atomic E-state index is 0.0978. The first-order chi connectivity index (χ1) is 17.8. The Morgan fingerprint density at radius 2 is 2.00 bits per heavy atom. The number of amides is 1. The average molecular weight is 523 g/mol. The zero-order chi connectivity index (χ0) is 26.5. The molecule has 2 aliphatic heterocycles. The third kappa shape index (κ3) is 5.80. The predicted octanol–water partition coefficient (Wildman–Crippen LogP) is 4.33. The van der Waals surface area contributed by atoms with Gasteiger partial charge in [-0.1, -0.05) is 17.8 Å². The van der Waals surface area contributed by atoms with Crippen molar-refractivity contribution in [2.45, 2.75) is 45.9 Å². The number of ether oxygens (including phenoxy) is 3. The number of carbonyl (C=O) groups excluding carboxylic acids is 2. The van der Waals surface area contributed by atoms with Gasteiger partial charge in [0.25, 0.3) is 0 Å². The first kappa shape index (κ1) is 26.3. The van der Waals surface area contributed by atoms with E-state index in [0.29, 0.717) is 45.7 Å². The van der Waals surface area contributed by atoms with Crippen LogP contribution in [0.25, 0.3) is 0 Å². The van der Waals surface area contributed by atoms with Gasteiger partial charge in [-0.15, -0.1) is 0 Å². The molecule has 0 fully saturated rings. The molecule has 0 aliphatic carbocycles. The third-order valence-electron chi connectivity index (χ3n) is 5.85. The normalized spacial score (nSPS) is 16.7. The number of fused-ring (bicyclic) bond motifs is 1. The molecule has 1 amide bonds. The van der Waals surface area contributed by atoms with Crippen LogP contribution in [0.5, 0.6) is 11.5 Å². The van der Waals surface area contributed by atoms with E-state index in [0.717, 1.165) is 5.56 Å². The molecule has 1 N–H and O–H groups in total. The van der Waals surface area contributed by atoms with Gasteiger partial charge in [0, 0.05) is 30.2 Å². The lowest BCUT2D eigenvalue weighted by atomic mass is 9.92. The zero-order valence-electron chi connectivity index (χ0n) is 21.5. The molecule has 0 saturated heterocycles. The summed E-state index contributed by atoms with van der Waals surface area (Å²) in [5.41, 5.74) is 3.25. The number of thioether (sulfide) groups is 1. The molecule has 3 heterocycles. The van der Waals surface area contributed by atoms with Crippen molar-refractivity contribution in [1.29, 1.82) is 0 Å². The van der Waals surface area contributed by atoms with E-state index in [1.54, 1.807) is 59.5 Å². The minimum atomic E-state index is -0.629. The van der Waals surface area contributed by atoms with Crippen LogP contribution in [0.4, 0.5) is 0 Å². The summed E-state index contributed by atoms with van der Waals surface area (Å²) in [4.78, 5) is 37.0. The molecule has 37 heavy (non-hydrogen) atoms. The maximum Gasteiger partial charge on any atom is 0.338 e. The smallest absolute Gasteiger partial charge is 0.338 e. The Bertz CT molecular complexity index is 1270. The van der Waals surface area contributed by atoms with Gasteiger partial charge < -0.3 is 24.4 Å². The summed E-state index contributed by atoms with van der Waals surface area (Å²) < 4.78 is 16.8. The van der Waals surface area contributed by atoms with Gasteiger partial charge in [0.1, 0.15) is 11.5 Å². The van der Waals surface area contributed by atoms with E-state index in [2.05, 4.69) is 10.3 Å². The number of carbonyl (C=O) groups is 2. The fraction of sp³-hybridized carbons (Fsp3) is 0.333. The van der Waals surface area contributed by atoms with Crippen LogP contribution in [0.1, 0.15) is 44.4 Å². The van der Waals surface area contributed by atoms with E-state index in [-0.39, 0.29) is 18.4 Å². The number of hydrogen-bond donors (Lipinski definition) is 1. The quantitative estimate of drug-likeness (QED) is 0.486. The number of aliphatic imine (C=N–C) groups is 1. The number of nitrogens with one attached hydrogen (secondary N) is 1. The SMILES string of the molecule is COc1ccc(OC)c([C@H]2C(C(=O)OC(C)C)=C(C)N=C3SC=C(CC(=O)NCc4cccnc4)N32)c1. The molecule has 1 aromatic heterocycles. The molecule has 0 unspecified atom stereocenters. The van der Waals surface area contributed by atoms with Gasteiger partial charge in [0.15, 0.2) is 5.17 Å². The van der Waals surface area contributed by atoms with E-state index in [1.165, 1.54) is 11.8 Å². The van der Waals surface area contributed by atoms with Gasteiger partial charge in [0.2, 0.25) is 5.91 Å². The van der Waals surface area contributed by atoms with Crippen molar-refractivity contribution >= 4 is 28.8 Å². The van der Waals surface area contributed by atoms with E-state index < -0.39 is 12.0 Å². The summed E-state index contributed by atoms with van der Waals surface area (Å²) in [5, 5.41) is 5.51. The third-order valence-corrected chi connectivity index (χ3v) is 6.74. The summed E-state index contributed by atoms with van der Waals surface area (Å²) >= 11 is 1.41. The molecule has 2 aromatic rings. The Morgan fingerprint density at radius 1 is 1.19 bits per heavy atom. The highest BCUT2D eigenvalue weighted by Crippen LogP contribution is 2.47. The number of hydrogen-bond acceptors (Lipinski definition) is 9. The fourth-order valence-electron chi connectivity index (χ4n) is 4.19. The zero-order valence-corrected chi connectivity index (χ0v) is 22.3. The van der Waals surface area contributed by atoms with Crippen LogP contribution in [0.3, 0.4) is 0 Å². The van der Waals surface area contributed by atoms with E-state index in [4.69, 9.17) is 19.2 Å². The second-order valence-corrected chi connectivity index (χ2v) is 9.61. The lowest BCUT2D eigenvalue weighted by Crippen LogP contribution is -2.38. The molecule has 4 rings (SSSR count). The van der Waals surface area contributed by atoms with Gasteiger partial charge in [-0.2, -0.15) is 0 Å². The lowest BCUT2D eigenvalue weighted by molar-refractivity contribution is -0.143. The van der Waals surface area contributed by atoms with Gasteiger partial charge in [-0.3, -0.25) is 9.78 Å². The summed E-state index contributed by atoms with van der Waals surface area (Å²) in [7, 11) is 3.16. The molecular formula is C27H30N4O5S. The summed E-state index contributed by atoms with van der Waals surface area (Å²) in [6, 6.07) is 8.53. The van der Waals surface area contributed by atoms with Crippen LogP contribution in [0.15, 0.2) is 70.1 Å². The van der Waals surface area contributed by atoms with Crippen molar-refractivity contribution in [1.82, 2.24) is 15.2 Å². The number of esters is 1. The molecule has 0 bridgehead atoms. The summed E-state index contributed by atoms with van der Waals surface area (Å²) in [5.74, 6) is 0.556. The van der Waals surface area contributed by atoms with Crippen molar-refractivity contribution < 1.29 is 23.8 Å². The average Bonchev–Trinajstić information content (AvgIpc) is 3.28. The van der Waals surface area contributed by atoms with Crippen LogP contribution in [0.2, 0.25) is 0 Å². The number of pyridine rings is 1. The van der Waals surface area contributed by atoms with Crippen molar-refractivity contribution in [3.8, 4) is 11.5 Å². The Morgan fingerprint density at radius 3 is 2.68 bits per heavy atom. The molecule has 194 valence electrons. The highest BCUT2D eigenvalue weighted by Gasteiger charge is 2.42. The van der Waals surface area contributed by atoms with Gasteiger partial charge >= 0.3 is 5.97 Å². The number of methoxy groups -OCH3 is 2. The van der Waals surface area contributed by atoms with Crippen LogP contribution < -0.4 is 14.8 Å². The molecular weight excluding hydrogens is 492 g/mol. The number of rotatable bonds is 9. The predicted molar refractivity (Wildman–Crippen MR) is 142 cm³/mol. The minimum Gasteiger partial charge on any atom is -0.497 e. The molecule has 0 saturated carbocycles. The van der Waals surface area contributed by atoms with Crippen LogP contribution >= 0.6 is 11.8 Å². The molecule has 0 spiro atoms. The first-order valence-electron chi connectivity index (χ1n) is 11.8. The molecule has 1 atom stereocenters. The highest BCUT2D eigenvalue weighted by molar-refractivity contribution is 8.16. The molecule has 9 nitrogen and oxygen atoms in total. The van der Waals surface area contributed by atoms with E-state index in [1.807, 2.05) is 28.5 Å². The van der Waals surface area contributed by atoms with E-state index >= 15 is 0 Å². The Balaban J connectivity index is 1.70. The monoisotopic (exact) mass is 522 g/mol. The van der Waals surface area contributed by atoms with Crippen molar-refractivity contribution in [2.75, 3.05) is 14.2 Å². The molecule has 1 aromatic carbocycles. The summed E-state index contributed by atoms with van der Waals surface area (Å²) in [6.07, 6.45) is 3.19. The van der Waals surface area contributed by atoms with Crippen LogP contribution in [-0.2, 0) is 20.9 Å².